The van der Waals surface area contributed by atoms with E-state index >= 15 is 0 Å². The Bertz CT molecular complexity index is 1970. The summed E-state index contributed by atoms with van der Waals surface area (Å²) in [5.74, 6) is 0.541. The fourth-order valence-corrected chi connectivity index (χ4v) is 6.21. The first-order chi connectivity index (χ1) is 23.4. The Hall–Kier alpha value is -5.77. The Morgan fingerprint density at radius 2 is 1.79 bits per heavy atom. The number of oxime groups is 1. The number of piperidine rings is 1. The Labute approximate surface area is 278 Å². The van der Waals surface area contributed by atoms with Gasteiger partial charge in [-0.2, -0.15) is 5.10 Å². The normalized spacial score (nSPS) is 17.2. The predicted molar refractivity (Wildman–Crippen MR) is 179 cm³/mol. The lowest BCUT2D eigenvalue weighted by Gasteiger charge is -2.21. The number of nitrogens with zero attached hydrogens (tertiary/aromatic N) is 4. The van der Waals surface area contributed by atoms with Crippen molar-refractivity contribution in [2.75, 3.05) is 6.61 Å². The molecule has 2 atom stereocenters. The van der Waals surface area contributed by atoms with E-state index in [4.69, 9.17) is 14.6 Å². The number of amides is 2. The monoisotopic (exact) mass is 640 g/mol. The quantitative estimate of drug-likeness (QED) is 0.104. The van der Waals surface area contributed by atoms with Crippen LogP contribution in [0.5, 0.6) is 11.5 Å². The van der Waals surface area contributed by atoms with E-state index in [9.17, 15) is 14.8 Å². The van der Waals surface area contributed by atoms with E-state index in [1.807, 2.05) is 72.4 Å². The number of carbonyl (C=O) groups excluding carboxylic acids is 2. The fourth-order valence-electron chi connectivity index (χ4n) is 6.21. The molecule has 5 aromatic rings. The topological polar surface area (TPSA) is 128 Å². The van der Waals surface area contributed by atoms with Gasteiger partial charge in [0, 0.05) is 48.1 Å². The number of hydrogen-bond acceptors (Lipinski definition) is 8. The van der Waals surface area contributed by atoms with Crippen molar-refractivity contribution in [2.45, 2.75) is 51.0 Å². The van der Waals surface area contributed by atoms with Crippen molar-refractivity contribution in [2.24, 2.45) is 5.16 Å². The number of rotatable bonds is 10. The standard InChI is InChI=1S/C38H34N5O5/c1-24(18-21-47-30-8-2-25(3-9-30)33-13-15-36(44)40-38(33)45)48-31-10-6-29(7-11-31)43-23-34(37(41-43)26-16-19-39-20-17-26)28-4-12-32-27(22-28)5-14-35(32)42-46/h2,4,6-12,16-17,19-20,22-24,33,46H,5,13-15,18,21H2,1H3,(H,40,44,45)/b42-35-. The van der Waals surface area contributed by atoms with Gasteiger partial charge < -0.3 is 14.7 Å². The van der Waals surface area contributed by atoms with Gasteiger partial charge in [-0.1, -0.05) is 29.4 Å². The molecule has 1 fully saturated rings. The minimum absolute atomic E-state index is 0.0895. The van der Waals surface area contributed by atoms with Crippen molar-refractivity contribution >= 4 is 17.5 Å². The summed E-state index contributed by atoms with van der Waals surface area (Å²) in [5.41, 5.74) is 8.39. The zero-order chi connectivity index (χ0) is 33.0. The molecule has 0 bridgehead atoms. The third-order valence-corrected chi connectivity index (χ3v) is 8.80. The van der Waals surface area contributed by atoms with E-state index in [-0.39, 0.29) is 23.8 Å². The van der Waals surface area contributed by atoms with Crippen LogP contribution in [0, 0.1) is 6.07 Å². The Morgan fingerprint density at radius 3 is 2.54 bits per heavy atom. The molecule has 2 aromatic heterocycles. The number of hydrogen-bond donors (Lipinski definition) is 2. The number of pyridine rings is 1. The summed E-state index contributed by atoms with van der Waals surface area (Å²) in [6, 6.07) is 26.5. The van der Waals surface area contributed by atoms with Gasteiger partial charge in [0.25, 0.3) is 0 Å². The summed E-state index contributed by atoms with van der Waals surface area (Å²) in [6.07, 6.45) is 8.54. The van der Waals surface area contributed by atoms with E-state index in [0.717, 1.165) is 69.1 Å². The van der Waals surface area contributed by atoms with Crippen LogP contribution in [0.15, 0.2) is 96.5 Å². The largest absolute Gasteiger partial charge is 0.493 e. The second-order valence-electron chi connectivity index (χ2n) is 12.0. The van der Waals surface area contributed by atoms with Crippen molar-refractivity contribution < 1.29 is 24.3 Å². The highest BCUT2D eigenvalue weighted by Gasteiger charge is 2.28. The molecule has 3 heterocycles. The molecule has 1 saturated heterocycles. The maximum atomic E-state index is 12.1. The lowest BCUT2D eigenvalue weighted by molar-refractivity contribution is -0.134. The van der Waals surface area contributed by atoms with E-state index in [1.165, 1.54) is 0 Å². The molecule has 2 N–H and O–H groups in total. The van der Waals surface area contributed by atoms with Crippen molar-refractivity contribution in [1.82, 2.24) is 20.1 Å². The summed E-state index contributed by atoms with van der Waals surface area (Å²) < 4.78 is 13.9. The van der Waals surface area contributed by atoms with E-state index in [0.29, 0.717) is 31.6 Å². The number of ether oxygens (including phenoxy) is 2. The van der Waals surface area contributed by atoms with Gasteiger partial charge in [0.15, 0.2) is 0 Å². The van der Waals surface area contributed by atoms with Gasteiger partial charge >= 0.3 is 0 Å². The first-order valence-corrected chi connectivity index (χ1v) is 16.0. The number of aromatic nitrogens is 3. The summed E-state index contributed by atoms with van der Waals surface area (Å²) in [4.78, 5) is 27.7. The minimum atomic E-state index is -0.364. The molecule has 2 amide bonds. The van der Waals surface area contributed by atoms with Gasteiger partial charge in [-0.25, -0.2) is 4.68 Å². The van der Waals surface area contributed by atoms with Gasteiger partial charge in [-0.15, -0.1) is 0 Å². The molecule has 0 saturated carbocycles. The van der Waals surface area contributed by atoms with Crippen molar-refractivity contribution in [3.63, 3.8) is 0 Å². The fraction of sp³-hybridized carbons (Fsp3) is 0.237. The number of benzene rings is 3. The molecule has 2 unspecified atom stereocenters. The van der Waals surface area contributed by atoms with Gasteiger partial charge in [0.1, 0.15) is 17.2 Å². The van der Waals surface area contributed by atoms with Crippen LogP contribution in [-0.4, -0.2) is 50.2 Å². The Morgan fingerprint density at radius 1 is 0.979 bits per heavy atom. The van der Waals surface area contributed by atoms with Gasteiger partial charge in [-0.05, 0) is 97.5 Å². The Balaban J connectivity index is 0.991. The lowest BCUT2D eigenvalue weighted by Crippen LogP contribution is -2.39. The molecule has 1 radical (unpaired) electrons. The van der Waals surface area contributed by atoms with Crippen LogP contribution in [-0.2, 0) is 16.0 Å². The molecule has 3 aromatic carbocycles. The van der Waals surface area contributed by atoms with Gasteiger partial charge in [0.2, 0.25) is 11.8 Å². The summed E-state index contributed by atoms with van der Waals surface area (Å²) in [7, 11) is 0. The van der Waals surface area contributed by atoms with Crippen molar-refractivity contribution in [3.05, 3.63) is 114 Å². The van der Waals surface area contributed by atoms with Crippen LogP contribution in [0.3, 0.4) is 0 Å². The maximum Gasteiger partial charge on any atom is 0.234 e. The molecule has 7 rings (SSSR count). The highest BCUT2D eigenvalue weighted by Crippen LogP contribution is 2.35. The second kappa shape index (κ2) is 13.5. The van der Waals surface area contributed by atoms with E-state index < -0.39 is 0 Å². The van der Waals surface area contributed by atoms with E-state index in [1.54, 1.807) is 18.5 Å². The SMILES string of the molecule is CC(CCOc1c[c]c(C2CCC(=O)NC2=O)cc1)Oc1ccc(-n2cc(-c3ccc4c(c3)CC/C4=N/O)c(-c3ccncc3)n2)cc1. The molecule has 2 aliphatic rings. The van der Waals surface area contributed by atoms with Crippen LogP contribution < -0.4 is 14.8 Å². The van der Waals surface area contributed by atoms with Gasteiger partial charge in [-0.3, -0.25) is 19.9 Å². The average Bonchev–Trinajstić information content (AvgIpc) is 3.74. The molecule has 10 heteroatoms. The van der Waals surface area contributed by atoms with Crippen molar-refractivity contribution in [1.29, 1.82) is 0 Å². The lowest BCUT2D eigenvalue weighted by atomic mass is 9.90. The molecule has 241 valence electrons. The third kappa shape index (κ3) is 6.55. The van der Waals surface area contributed by atoms with Crippen LogP contribution in [0.4, 0.5) is 0 Å². The number of imide groups is 1. The highest BCUT2D eigenvalue weighted by molar-refractivity contribution is 6.04. The molecule has 10 nitrogen and oxygen atoms in total. The summed E-state index contributed by atoms with van der Waals surface area (Å²) in [5, 5.41) is 20.2. The molecule has 1 aliphatic carbocycles. The molecule has 0 spiro atoms. The average molecular weight is 641 g/mol. The minimum Gasteiger partial charge on any atom is -0.493 e. The molecule has 1 aliphatic heterocycles. The third-order valence-electron chi connectivity index (χ3n) is 8.80. The molecular weight excluding hydrogens is 606 g/mol. The van der Waals surface area contributed by atoms with Crippen LogP contribution >= 0.6 is 0 Å². The zero-order valence-electron chi connectivity index (χ0n) is 26.4. The van der Waals surface area contributed by atoms with Crippen LogP contribution in [0.1, 0.15) is 55.2 Å². The first kappa shape index (κ1) is 30.9. The first-order valence-electron chi connectivity index (χ1n) is 16.0. The highest BCUT2D eigenvalue weighted by atomic mass is 16.5. The number of nitrogens with one attached hydrogen (secondary N) is 1. The Kier molecular flexibility index (Phi) is 8.70. The number of aryl methyl sites for hydroxylation is 1. The van der Waals surface area contributed by atoms with E-state index in [2.05, 4.69) is 33.7 Å². The molecular formula is C38H34N5O5. The number of carbonyl (C=O) groups is 2. The van der Waals surface area contributed by atoms with Crippen LogP contribution in [0.2, 0.25) is 0 Å². The van der Waals surface area contributed by atoms with Crippen LogP contribution in [0.25, 0.3) is 28.1 Å². The second-order valence-corrected chi connectivity index (χ2v) is 12.0. The molecule has 48 heavy (non-hydrogen) atoms. The maximum absolute atomic E-state index is 12.1. The number of fused-ring (bicyclic) bond motifs is 1. The predicted octanol–water partition coefficient (Wildman–Crippen LogP) is 6.28. The summed E-state index contributed by atoms with van der Waals surface area (Å²) >= 11 is 0. The van der Waals surface area contributed by atoms with Gasteiger partial charge in [0.05, 0.1) is 30.0 Å². The smallest absolute Gasteiger partial charge is 0.234 e. The summed E-state index contributed by atoms with van der Waals surface area (Å²) in [6.45, 7) is 2.46. The van der Waals surface area contributed by atoms with Crippen molar-refractivity contribution in [3.8, 4) is 39.6 Å². The zero-order valence-corrected chi connectivity index (χ0v) is 26.4.